The van der Waals surface area contributed by atoms with Crippen LogP contribution in [0.15, 0.2) is 24.3 Å². The highest BCUT2D eigenvalue weighted by Gasteiger charge is 2.31. The molecule has 1 saturated carbocycles. The molecule has 126 valence electrons. The van der Waals surface area contributed by atoms with E-state index in [1.54, 1.807) is 0 Å². The maximum Gasteiger partial charge on any atom is 0.416 e. The average molecular weight is 329 g/mol. The van der Waals surface area contributed by atoms with E-state index in [2.05, 4.69) is 5.32 Å². The topological polar surface area (TPSA) is 55.4 Å². The van der Waals surface area contributed by atoms with E-state index in [4.69, 9.17) is 4.74 Å². The molecule has 1 aliphatic rings. The quantitative estimate of drug-likeness (QED) is 0.862. The fourth-order valence-corrected chi connectivity index (χ4v) is 2.49. The van der Waals surface area contributed by atoms with Gasteiger partial charge in [0.15, 0.2) is 6.10 Å². The molecule has 1 amide bonds. The van der Waals surface area contributed by atoms with Gasteiger partial charge < -0.3 is 10.1 Å². The van der Waals surface area contributed by atoms with E-state index in [1.165, 1.54) is 13.0 Å². The third kappa shape index (κ3) is 4.71. The van der Waals surface area contributed by atoms with Crippen LogP contribution in [0.2, 0.25) is 0 Å². The Morgan fingerprint density at radius 2 is 1.91 bits per heavy atom. The lowest BCUT2D eigenvalue weighted by Gasteiger charge is -2.17. The minimum atomic E-state index is -4.54. The third-order valence-corrected chi connectivity index (χ3v) is 3.78. The fourth-order valence-electron chi connectivity index (χ4n) is 2.49. The van der Waals surface area contributed by atoms with E-state index in [0.29, 0.717) is 6.07 Å². The summed E-state index contributed by atoms with van der Waals surface area (Å²) in [5.41, 5.74) is -1.17. The van der Waals surface area contributed by atoms with Crippen LogP contribution in [0, 0.1) is 0 Å². The SMILES string of the molecule is C[C@H](OC(=O)c1cccc(C(F)(F)F)c1)C(=O)NC1CCCC1. The Bertz CT molecular complexity index is 580. The molecular weight excluding hydrogens is 311 g/mol. The van der Waals surface area contributed by atoms with Crippen LogP contribution in [0.1, 0.15) is 48.5 Å². The van der Waals surface area contributed by atoms with Gasteiger partial charge in [-0.1, -0.05) is 18.9 Å². The molecule has 0 spiro atoms. The summed E-state index contributed by atoms with van der Waals surface area (Å²) in [6.07, 6.45) is -1.73. The van der Waals surface area contributed by atoms with Gasteiger partial charge in [-0.25, -0.2) is 4.79 Å². The van der Waals surface area contributed by atoms with Crippen molar-refractivity contribution in [2.45, 2.75) is 50.9 Å². The number of nitrogens with one attached hydrogen (secondary N) is 1. The number of benzene rings is 1. The van der Waals surface area contributed by atoms with Crippen molar-refractivity contribution in [3.05, 3.63) is 35.4 Å². The first-order valence-corrected chi connectivity index (χ1v) is 7.46. The highest BCUT2D eigenvalue weighted by Crippen LogP contribution is 2.29. The Morgan fingerprint density at radius 3 is 2.52 bits per heavy atom. The zero-order valence-corrected chi connectivity index (χ0v) is 12.7. The van der Waals surface area contributed by atoms with Crippen molar-refractivity contribution in [2.75, 3.05) is 0 Å². The largest absolute Gasteiger partial charge is 0.449 e. The molecule has 0 bridgehead atoms. The van der Waals surface area contributed by atoms with E-state index in [0.717, 1.165) is 37.8 Å². The smallest absolute Gasteiger partial charge is 0.416 e. The third-order valence-electron chi connectivity index (χ3n) is 3.78. The van der Waals surface area contributed by atoms with Gasteiger partial charge in [-0.05, 0) is 38.0 Å². The van der Waals surface area contributed by atoms with Crippen LogP contribution in [-0.2, 0) is 15.7 Å². The average Bonchev–Trinajstić information content (AvgIpc) is 2.99. The first-order valence-electron chi connectivity index (χ1n) is 7.46. The van der Waals surface area contributed by atoms with Gasteiger partial charge in [0.1, 0.15) is 0 Å². The molecule has 1 N–H and O–H groups in total. The fraction of sp³-hybridized carbons (Fsp3) is 0.500. The van der Waals surface area contributed by atoms with E-state index in [9.17, 15) is 22.8 Å². The van der Waals surface area contributed by atoms with Crippen molar-refractivity contribution in [3.8, 4) is 0 Å². The van der Waals surface area contributed by atoms with Crippen LogP contribution >= 0.6 is 0 Å². The Balaban J connectivity index is 1.96. The van der Waals surface area contributed by atoms with Crippen molar-refractivity contribution in [3.63, 3.8) is 0 Å². The summed E-state index contributed by atoms with van der Waals surface area (Å²) >= 11 is 0. The van der Waals surface area contributed by atoms with Crippen LogP contribution in [0.3, 0.4) is 0 Å². The Labute approximate surface area is 132 Å². The maximum absolute atomic E-state index is 12.6. The molecule has 0 radical (unpaired) electrons. The molecule has 7 heteroatoms. The summed E-state index contributed by atoms with van der Waals surface area (Å²) in [7, 11) is 0. The summed E-state index contributed by atoms with van der Waals surface area (Å²) in [6.45, 7) is 1.40. The molecule has 0 aromatic heterocycles. The van der Waals surface area contributed by atoms with Crippen molar-refractivity contribution in [2.24, 2.45) is 0 Å². The highest BCUT2D eigenvalue weighted by molar-refractivity contribution is 5.92. The Kier molecular flexibility index (Phi) is 5.28. The normalized spacial score (nSPS) is 16.9. The predicted octanol–water partition coefficient (Wildman–Crippen LogP) is 3.31. The van der Waals surface area contributed by atoms with Crippen molar-refractivity contribution in [1.82, 2.24) is 5.32 Å². The zero-order valence-electron chi connectivity index (χ0n) is 12.7. The molecule has 1 aromatic rings. The van der Waals surface area contributed by atoms with Crippen LogP contribution < -0.4 is 5.32 Å². The number of amides is 1. The summed E-state index contributed by atoms with van der Waals surface area (Å²) in [5.74, 6) is -1.39. The maximum atomic E-state index is 12.6. The lowest BCUT2D eigenvalue weighted by atomic mass is 10.1. The monoisotopic (exact) mass is 329 g/mol. The minimum absolute atomic E-state index is 0.0807. The molecule has 2 rings (SSSR count). The molecule has 1 aromatic carbocycles. The summed E-state index contributed by atoms with van der Waals surface area (Å²) in [4.78, 5) is 23.8. The molecule has 0 unspecified atom stereocenters. The second-order valence-corrected chi connectivity index (χ2v) is 5.62. The predicted molar refractivity (Wildman–Crippen MR) is 76.7 cm³/mol. The van der Waals surface area contributed by atoms with Crippen LogP contribution in [0.5, 0.6) is 0 Å². The van der Waals surface area contributed by atoms with E-state index in [-0.39, 0.29) is 11.6 Å². The molecule has 1 aliphatic carbocycles. The molecule has 0 saturated heterocycles. The minimum Gasteiger partial charge on any atom is -0.449 e. The van der Waals surface area contributed by atoms with Crippen molar-refractivity contribution >= 4 is 11.9 Å². The van der Waals surface area contributed by atoms with Crippen molar-refractivity contribution < 1.29 is 27.5 Å². The summed E-state index contributed by atoms with van der Waals surface area (Å²) < 4.78 is 42.9. The molecule has 23 heavy (non-hydrogen) atoms. The lowest BCUT2D eigenvalue weighted by molar-refractivity contribution is -0.137. The molecule has 0 heterocycles. The molecule has 4 nitrogen and oxygen atoms in total. The van der Waals surface area contributed by atoms with E-state index >= 15 is 0 Å². The van der Waals surface area contributed by atoms with Crippen LogP contribution in [0.4, 0.5) is 13.2 Å². The number of alkyl halides is 3. The number of esters is 1. The van der Waals surface area contributed by atoms with Gasteiger partial charge in [0.2, 0.25) is 0 Å². The first-order chi connectivity index (χ1) is 10.8. The number of hydrogen-bond donors (Lipinski definition) is 1. The number of carbonyl (C=O) groups excluding carboxylic acids is 2. The molecular formula is C16H18F3NO3. The van der Waals surface area contributed by atoms with Gasteiger partial charge in [-0.3, -0.25) is 4.79 Å². The number of ether oxygens (including phenoxy) is 1. The summed E-state index contributed by atoms with van der Waals surface area (Å²) in [6, 6.07) is 4.01. The van der Waals surface area contributed by atoms with E-state index < -0.39 is 29.7 Å². The van der Waals surface area contributed by atoms with Gasteiger partial charge in [0.25, 0.3) is 5.91 Å². The number of rotatable bonds is 4. The number of halogens is 3. The van der Waals surface area contributed by atoms with Gasteiger partial charge in [-0.2, -0.15) is 13.2 Å². The second-order valence-electron chi connectivity index (χ2n) is 5.62. The molecule has 0 aliphatic heterocycles. The van der Waals surface area contributed by atoms with E-state index in [1.807, 2.05) is 0 Å². The van der Waals surface area contributed by atoms with Crippen LogP contribution in [0.25, 0.3) is 0 Å². The van der Waals surface area contributed by atoms with Gasteiger partial charge >= 0.3 is 12.1 Å². The number of carbonyl (C=O) groups is 2. The Morgan fingerprint density at radius 1 is 1.26 bits per heavy atom. The van der Waals surface area contributed by atoms with Crippen molar-refractivity contribution in [1.29, 1.82) is 0 Å². The summed E-state index contributed by atoms with van der Waals surface area (Å²) in [5, 5.41) is 2.77. The molecule has 1 fully saturated rings. The Hall–Kier alpha value is -2.05. The van der Waals surface area contributed by atoms with Crippen LogP contribution in [-0.4, -0.2) is 24.0 Å². The highest BCUT2D eigenvalue weighted by atomic mass is 19.4. The lowest BCUT2D eigenvalue weighted by Crippen LogP contribution is -2.40. The van der Waals surface area contributed by atoms with Gasteiger partial charge in [0, 0.05) is 6.04 Å². The second kappa shape index (κ2) is 7.02. The standard InChI is InChI=1S/C16H18F3NO3/c1-10(14(21)20-13-7-2-3-8-13)23-15(22)11-5-4-6-12(9-11)16(17,18)19/h4-6,9-10,13H,2-3,7-8H2,1H3,(H,20,21)/t10-/m0/s1. The number of hydrogen-bond acceptors (Lipinski definition) is 3. The molecule has 1 atom stereocenters. The zero-order chi connectivity index (χ0) is 17.0. The van der Waals surface area contributed by atoms with Gasteiger partial charge in [-0.15, -0.1) is 0 Å². The first kappa shape index (κ1) is 17.3. The van der Waals surface area contributed by atoms with Gasteiger partial charge in [0.05, 0.1) is 11.1 Å².